The number of likely N-dealkylation sites (N-methyl/N-ethyl adjacent to an activating group) is 1. The van der Waals surface area contributed by atoms with Crippen molar-refractivity contribution in [2.45, 2.75) is 32.9 Å². The van der Waals surface area contributed by atoms with Gasteiger partial charge in [0.25, 0.3) is 0 Å². The van der Waals surface area contributed by atoms with E-state index in [2.05, 4.69) is 30.6 Å². The average molecular weight is 250 g/mol. The van der Waals surface area contributed by atoms with Gasteiger partial charge in [0.2, 0.25) is 0 Å². The zero-order chi connectivity index (χ0) is 13.1. The van der Waals surface area contributed by atoms with Crippen LogP contribution in [-0.4, -0.2) is 42.0 Å². The van der Waals surface area contributed by atoms with Crippen molar-refractivity contribution >= 4 is 0 Å². The van der Waals surface area contributed by atoms with Crippen molar-refractivity contribution in [2.75, 3.05) is 26.2 Å². The number of piperazine rings is 1. The van der Waals surface area contributed by atoms with Crippen molar-refractivity contribution in [3.8, 4) is 0 Å². The topological polar surface area (TPSA) is 6.48 Å². The third-order valence-corrected chi connectivity index (χ3v) is 3.87. The van der Waals surface area contributed by atoms with Crippen LogP contribution >= 0.6 is 0 Å². The molecule has 1 heterocycles. The summed E-state index contributed by atoms with van der Waals surface area (Å²) in [5.41, 5.74) is 1.23. The van der Waals surface area contributed by atoms with E-state index in [0.717, 1.165) is 26.2 Å². The summed E-state index contributed by atoms with van der Waals surface area (Å²) in [6.07, 6.45) is 0. The summed E-state index contributed by atoms with van der Waals surface area (Å²) < 4.78 is 13.0. The quantitative estimate of drug-likeness (QED) is 0.814. The monoisotopic (exact) mass is 250 g/mol. The smallest absolute Gasteiger partial charge is 0.123 e. The standard InChI is InChI=1S/C15H23FN2/c1-4-17-9-10-18(12(2)3)15(11-17)13-5-7-14(16)8-6-13/h5-8,12,15H,4,9-11H2,1-3H3. The highest BCUT2D eigenvalue weighted by Crippen LogP contribution is 2.27. The van der Waals surface area contributed by atoms with Crippen molar-refractivity contribution in [1.29, 1.82) is 0 Å². The van der Waals surface area contributed by atoms with Crippen molar-refractivity contribution in [3.63, 3.8) is 0 Å². The number of hydrogen-bond acceptors (Lipinski definition) is 2. The number of rotatable bonds is 3. The lowest BCUT2D eigenvalue weighted by atomic mass is 10.0. The molecular formula is C15H23FN2. The molecule has 3 heteroatoms. The Bertz CT molecular complexity index is 375. The third kappa shape index (κ3) is 2.90. The molecule has 1 aliphatic heterocycles. The molecule has 0 bridgehead atoms. The second-order valence-corrected chi connectivity index (χ2v) is 5.29. The minimum absolute atomic E-state index is 0.155. The molecule has 1 saturated heterocycles. The van der Waals surface area contributed by atoms with Crippen LogP contribution in [0, 0.1) is 5.82 Å². The normalized spacial score (nSPS) is 22.6. The van der Waals surface area contributed by atoms with Crippen LogP contribution in [0.15, 0.2) is 24.3 Å². The van der Waals surface area contributed by atoms with E-state index in [4.69, 9.17) is 0 Å². The maximum Gasteiger partial charge on any atom is 0.123 e. The first-order valence-corrected chi connectivity index (χ1v) is 6.85. The highest BCUT2D eigenvalue weighted by atomic mass is 19.1. The fraction of sp³-hybridized carbons (Fsp3) is 0.600. The van der Waals surface area contributed by atoms with Gasteiger partial charge in [0.1, 0.15) is 5.82 Å². The molecule has 0 spiro atoms. The molecule has 1 aliphatic rings. The lowest BCUT2D eigenvalue weighted by Gasteiger charge is -2.43. The number of hydrogen-bond donors (Lipinski definition) is 0. The van der Waals surface area contributed by atoms with E-state index >= 15 is 0 Å². The first kappa shape index (κ1) is 13.5. The fourth-order valence-corrected chi connectivity index (χ4v) is 2.74. The van der Waals surface area contributed by atoms with Crippen molar-refractivity contribution in [2.24, 2.45) is 0 Å². The lowest BCUT2D eigenvalue weighted by Crippen LogP contribution is -2.50. The molecule has 0 amide bonds. The molecule has 1 atom stereocenters. The largest absolute Gasteiger partial charge is 0.300 e. The Hall–Kier alpha value is -0.930. The molecule has 0 aromatic heterocycles. The molecule has 1 fully saturated rings. The Balaban J connectivity index is 2.21. The van der Waals surface area contributed by atoms with Gasteiger partial charge in [0, 0.05) is 31.7 Å². The first-order valence-electron chi connectivity index (χ1n) is 6.85. The minimum Gasteiger partial charge on any atom is -0.300 e. The average Bonchev–Trinajstić information content (AvgIpc) is 2.38. The Morgan fingerprint density at radius 3 is 2.44 bits per heavy atom. The van der Waals surface area contributed by atoms with E-state index in [-0.39, 0.29) is 5.82 Å². The molecule has 0 aliphatic carbocycles. The summed E-state index contributed by atoms with van der Waals surface area (Å²) in [4.78, 5) is 4.98. The van der Waals surface area contributed by atoms with E-state index in [9.17, 15) is 4.39 Å². The van der Waals surface area contributed by atoms with Crippen LogP contribution < -0.4 is 0 Å². The highest BCUT2D eigenvalue weighted by Gasteiger charge is 2.28. The van der Waals surface area contributed by atoms with Gasteiger partial charge >= 0.3 is 0 Å². The molecule has 2 nitrogen and oxygen atoms in total. The summed E-state index contributed by atoms with van der Waals surface area (Å²) in [7, 11) is 0. The van der Waals surface area contributed by atoms with Crippen LogP contribution in [0.4, 0.5) is 4.39 Å². The van der Waals surface area contributed by atoms with E-state index in [1.54, 1.807) is 12.1 Å². The van der Waals surface area contributed by atoms with Crippen LogP contribution in [0.1, 0.15) is 32.4 Å². The van der Waals surface area contributed by atoms with Gasteiger partial charge < -0.3 is 4.90 Å². The molecule has 0 radical (unpaired) electrons. The fourth-order valence-electron chi connectivity index (χ4n) is 2.74. The van der Waals surface area contributed by atoms with Gasteiger partial charge in [0.15, 0.2) is 0 Å². The van der Waals surface area contributed by atoms with E-state index in [0.29, 0.717) is 12.1 Å². The van der Waals surface area contributed by atoms with Gasteiger partial charge in [-0.2, -0.15) is 0 Å². The Kier molecular flexibility index (Phi) is 4.36. The summed E-state index contributed by atoms with van der Waals surface area (Å²) in [6, 6.07) is 7.90. The third-order valence-electron chi connectivity index (χ3n) is 3.87. The molecule has 1 unspecified atom stereocenters. The second kappa shape index (κ2) is 5.81. The van der Waals surface area contributed by atoms with Gasteiger partial charge in [-0.25, -0.2) is 4.39 Å². The van der Waals surface area contributed by atoms with Gasteiger partial charge in [-0.3, -0.25) is 4.90 Å². The van der Waals surface area contributed by atoms with Gasteiger partial charge in [-0.1, -0.05) is 19.1 Å². The van der Waals surface area contributed by atoms with Gasteiger partial charge in [0.05, 0.1) is 0 Å². The van der Waals surface area contributed by atoms with Crippen LogP contribution in [0.3, 0.4) is 0 Å². The van der Waals surface area contributed by atoms with Crippen molar-refractivity contribution in [3.05, 3.63) is 35.6 Å². The zero-order valence-corrected chi connectivity index (χ0v) is 11.6. The van der Waals surface area contributed by atoms with Crippen LogP contribution in [0.2, 0.25) is 0 Å². The maximum absolute atomic E-state index is 13.0. The molecule has 2 rings (SSSR count). The maximum atomic E-state index is 13.0. The van der Waals surface area contributed by atoms with Gasteiger partial charge in [-0.15, -0.1) is 0 Å². The van der Waals surface area contributed by atoms with E-state index in [1.165, 1.54) is 5.56 Å². The predicted molar refractivity (Wildman–Crippen MR) is 73.1 cm³/mol. The summed E-state index contributed by atoms with van der Waals surface area (Å²) in [5, 5.41) is 0. The number of benzene rings is 1. The van der Waals surface area contributed by atoms with Crippen LogP contribution in [0.5, 0.6) is 0 Å². The lowest BCUT2D eigenvalue weighted by molar-refractivity contribution is 0.0534. The van der Waals surface area contributed by atoms with Crippen LogP contribution in [0.25, 0.3) is 0 Å². The van der Waals surface area contributed by atoms with Crippen molar-refractivity contribution in [1.82, 2.24) is 9.80 Å². The first-order chi connectivity index (χ1) is 8.61. The van der Waals surface area contributed by atoms with E-state index in [1.807, 2.05) is 12.1 Å². The molecule has 1 aromatic rings. The summed E-state index contributed by atoms with van der Waals surface area (Å²) in [6.45, 7) is 11.0. The second-order valence-electron chi connectivity index (χ2n) is 5.29. The Morgan fingerprint density at radius 1 is 1.22 bits per heavy atom. The predicted octanol–water partition coefficient (Wildman–Crippen LogP) is 2.91. The molecular weight excluding hydrogens is 227 g/mol. The molecule has 18 heavy (non-hydrogen) atoms. The summed E-state index contributed by atoms with van der Waals surface area (Å²) in [5.74, 6) is -0.155. The molecule has 100 valence electrons. The Labute approximate surface area is 109 Å². The Morgan fingerprint density at radius 2 is 1.89 bits per heavy atom. The van der Waals surface area contributed by atoms with Crippen molar-refractivity contribution < 1.29 is 4.39 Å². The molecule has 1 aromatic carbocycles. The van der Waals surface area contributed by atoms with Gasteiger partial charge in [-0.05, 0) is 38.1 Å². The summed E-state index contributed by atoms with van der Waals surface area (Å²) >= 11 is 0. The van der Waals surface area contributed by atoms with Crippen LogP contribution in [-0.2, 0) is 0 Å². The SMILES string of the molecule is CCN1CCN(C(C)C)C(c2ccc(F)cc2)C1. The molecule has 0 saturated carbocycles. The van der Waals surface area contributed by atoms with E-state index < -0.39 is 0 Å². The zero-order valence-electron chi connectivity index (χ0n) is 11.6. The molecule has 0 N–H and O–H groups in total. The minimum atomic E-state index is -0.155. The number of nitrogens with zero attached hydrogens (tertiary/aromatic N) is 2. The number of halogens is 1. The highest BCUT2D eigenvalue weighted by molar-refractivity contribution is 5.21.